The summed E-state index contributed by atoms with van der Waals surface area (Å²) in [6.07, 6.45) is 16.9. The number of benzene rings is 1. The molecule has 0 spiro atoms. The number of nitrogens with zero attached hydrogens (tertiary/aromatic N) is 1. The summed E-state index contributed by atoms with van der Waals surface area (Å²) in [5.41, 5.74) is 1.50. The predicted molar refractivity (Wildman–Crippen MR) is 109 cm³/mol. The van der Waals surface area contributed by atoms with Crippen LogP contribution in [0.5, 0.6) is 0 Å². The van der Waals surface area contributed by atoms with Gasteiger partial charge in [0.1, 0.15) is 0 Å². The zero-order chi connectivity index (χ0) is 17.5. The van der Waals surface area contributed by atoms with Crippen LogP contribution < -0.4 is 0 Å². The molecule has 1 aromatic rings. The molecule has 0 radical (unpaired) electrons. The molecule has 1 aromatic carbocycles. The molecule has 0 aliphatic carbocycles. The molecule has 24 heavy (non-hydrogen) atoms. The molecule has 138 valence electrons. The lowest BCUT2D eigenvalue weighted by atomic mass is 9.93. The first-order valence-electron chi connectivity index (χ1n) is 10.4. The molecule has 0 aliphatic heterocycles. The zero-order valence-corrected chi connectivity index (χ0v) is 16.6. The minimum absolute atomic E-state index is 0.802. The largest absolute Gasteiger partial charge is 0.309 e. The van der Waals surface area contributed by atoms with Crippen LogP contribution in [0.3, 0.4) is 0 Å². The van der Waals surface area contributed by atoms with E-state index >= 15 is 0 Å². The van der Waals surface area contributed by atoms with E-state index in [-0.39, 0.29) is 0 Å². The summed E-state index contributed by atoms with van der Waals surface area (Å²) in [4.78, 5) is 2.35. The summed E-state index contributed by atoms with van der Waals surface area (Å²) >= 11 is 0. The average Bonchev–Trinajstić information content (AvgIpc) is 2.57. The molecule has 0 bridgehead atoms. The number of rotatable bonds is 15. The highest BCUT2D eigenvalue weighted by Gasteiger charge is 2.10. The Labute approximate surface area is 151 Å². The number of hydrogen-bond donors (Lipinski definition) is 0. The van der Waals surface area contributed by atoms with E-state index < -0.39 is 0 Å². The molecule has 1 unspecified atom stereocenters. The van der Waals surface area contributed by atoms with Crippen molar-refractivity contribution in [2.75, 3.05) is 20.6 Å². The number of unbranched alkanes of at least 4 members (excludes halogenated alkanes) is 9. The lowest BCUT2D eigenvalue weighted by Crippen LogP contribution is -2.23. The topological polar surface area (TPSA) is 3.24 Å². The molecule has 0 heterocycles. The van der Waals surface area contributed by atoms with Crippen molar-refractivity contribution in [3.8, 4) is 0 Å². The first-order valence-corrected chi connectivity index (χ1v) is 10.4. The lowest BCUT2D eigenvalue weighted by Gasteiger charge is -2.21. The van der Waals surface area contributed by atoms with Gasteiger partial charge in [-0.15, -0.1) is 0 Å². The molecule has 0 saturated carbocycles. The lowest BCUT2D eigenvalue weighted by molar-refractivity contribution is 0.303. The standard InChI is InChI=1S/C23H41N/c1-4-5-6-7-8-9-10-11-12-14-19-23(21-24(2)3)20-22-17-15-13-16-18-22/h13,15-18,23H,4-12,14,19-21H2,1-3H3. The highest BCUT2D eigenvalue weighted by molar-refractivity contribution is 5.15. The Morgan fingerprint density at radius 1 is 0.750 bits per heavy atom. The van der Waals surface area contributed by atoms with Gasteiger partial charge in [0.15, 0.2) is 0 Å². The van der Waals surface area contributed by atoms with Crippen LogP contribution in [-0.2, 0) is 6.42 Å². The fourth-order valence-corrected chi connectivity index (χ4v) is 3.64. The third kappa shape index (κ3) is 11.7. The van der Waals surface area contributed by atoms with E-state index in [1.165, 1.54) is 89.2 Å². The van der Waals surface area contributed by atoms with Crippen LogP contribution in [0.2, 0.25) is 0 Å². The van der Waals surface area contributed by atoms with Gasteiger partial charge in [0.2, 0.25) is 0 Å². The third-order valence-corrected chi connectivity index (χ3v) is 4.96. The second-order valence-electron chi connectivity index (χ2n) is 7.79. The van der Waals surface area contributed by atoms with E-state index in [4.69, 9.17) is 0 Å². The Morgan fingerprint density at radius 3 is 1.83 bits per heavy atom. The predicted octanol–water partition coefficient (Wildman–Crippen LogP) is 6.72. The average molecular weight is 332 g/mol. The molecule has 0 saturated heterocycles. The summed E-state index contributed by atoms with van der Waals surface area (Å²) < 4.78 is 0. The monoisotopic (exact) mass is 331 g/mol. The van der Waals surface area contributed by atoms with Gasteiger partial charge in [0.05, 0.1) is 0 Å². The van der Waals surface area contributed by atoms with E-state index in [1.54, 1.807) is 0 Å². The molecule has 0 aromatic heterocycles. The Kier molecular flexibility index (Phi) is 12.8. The second-order valence-corrected chi connectivity index (χ2v) is 7.79. The van der Waals surface area contributed by atoms with Crippen LogP contribution in [0.15, 0.2) is 30.3 Å². The smallest absolute Gasteiger partial charge is 0.000674 e. The molecule has 0 fully saturated rings. The van der Waals surface area contributed by atoms with Crippen LogP contribution in [0.25, 0.3) is 0 Å². The van der Waals surface area contributed by atoms with Crippen molar-refractivity contribution in [1.29, 1.82) is 0 Å². The van der Waals surface area contributed by atoms with E-state index in [1.807, 2.05) is 0 Å². The fraction of sp³-hybridized carbons (Fsp3) is 0.739. The maximum Gasteiger partial charge on any atom is 0.000674 e. The van der Waals surface area contributed by atoms with Crippen molar-refractivity contribution in [3.63, 3.8) is 0 Å². The van der Waals surface area contributed by atoms with Gasteiger partial charge in [-0.3, -0.25) is 0 Å². The minimum Gasteiger partial charge on any atom is -0.309 e. The Bertz CT molecular complexity index is 371. The molecule has 0 N–H and O–H groups in total. The van der Waals surface area contributed by atoms with Crippen molar-refractivity contribution < 1.29 is 0 Å². The molecule has 1 atom stereocenters. The highest BCUT2D eigenvalue weighted by atomic mass is 15.1. The second kappa shape index (κ2) is 14.5. The maximum absolute atomic E-state index is 2.35. The minimum atomic E-state index is 0.802. The fourth-order valence-electron chi connectivity index (χ4n) is 3.64. The van der Waals surface area contributed by atoms with E-state index in [2.05, 4.69) is 56.3 Å². The van der Waals surface area contributed by atoms with Crippen LogP contribution in [0.4, 0.5) is 0 Å². The molecule has 1 heteroatoms. The summed E-state index contributed by atoms with van der Waals surface area (Å²) in [7, 11) is 4.41. The Balaban J connectivity index is 2.10. The zero-order valence-electron chi connectivity index (χ0n) is 16.6. The van der Waals surface area contributed by atoms with Crippen LogP contribution in [0.1, 0.15) is 83.1 Å². The van der Waals surface area contributed by atoms with Gasteiger partial charge in [0.25, 0.3) is 0 Å². The van der Waals surface area contributed by atoms with Gasteiger partial charge in [0, 0.05) is 6.54 Å². The van der Waals surface area contributed by atoms with Gasteiger partial charge in [-0.05, 0) is 38.4 Å². The quantitative estimate of drug-likeness (QED) is 0.322. The van der Waals surface area contributed by atoms with E-state index in [9.17, 15) is 0 Å². The van der Waals surface area contributed by atoms with Crippen molar-refractivity contribution >= 4 is 0 Å². The van der Waals surface area contributed by atoms with Crippen LogP contribution >= 0.6 is 0 Å². The van der Waals surface area contributed by atoms with Gasteiger partial charge in [-0.2, -0.15) is 0 Å². The van der Waals surface area contributed by atoms with Gasteiger partial charge < -0.3 is 4.90 Å². The van der Waals surface area contributed by atoms with E-state index in [0.29, 0.717) is 0 Å². The Hall–Kier alpha value is -0.820. The molecule has 1 rings (SSSR count). The van der Waals surface area contributed by atoms with Gasteiger partial charge >= 0.3 is 0 Å². The van der Waals surface area contributed by atoms with E-state index in [0.717, 1.165) is 5.92 Å². The molecular weight excluding hydrogens is 290 g/mol. The van der Waals surface area contributed by atoms with Crippen molar-refractivity contribution in [2.45, 2.75) is 84.0 Å². The van der Waals surface area contributed by atoms with Crippen molar-refractivity contribution in [1.82, 2.24) is 4.90 Å². The first-order chi connectivity index (χ1) is 11.7. The van der Waals surface area contributed by atoms with Gasteiger partial charge in [-0.25, -0.2) is 0 Å². The third-order valence-electron chi connectivity index (χ3n) is 4.96. The summed E-state index contributed by atoms with van der Waals surface area (Å²) in [5, 5.41) is 0. The highest BCUT2D eigenvalue weighted by Crippen LogP contribution is 2.18. The van der Waals surface area contributed by atoms with Crippen LogP contribution in [-0.4, -0.2) is 25.5 Å². The summed E-state index contributed by atoms with van der Waals surface area (Å²) in [6.45, 7) is 3.51. The summed E-state index contributed by atoms with van der Waals surface area (Å²) in [5.74, 6) is 0.802. The number of hydrogen-bond acceptors (Lipinski definition) is 1. The molecule has 1 nitrogen and oxygen atoms in total. The normalized spacial score (nSPS) is 12.7. The van der Waals surface area contributed by atoms with Crippen LogP contribution in [0, 0.1) is 5.92 Å². The molecule has 0 amide bonds. The van der Waals surface area contributed by atoms with Gasteiger partial charge in [-0.1, -0.05) is 101 Å². The Morgan fingerprint density at radius 2 is 1.29 bits per heavy atom. The summed E-state index contributed by atoms with van der Waals surface area (Å²) in [6, 6.07) is 11.0. The SMILES string of the molecule is CCCCCCCCCCCCC(Cc1ccccc1)CN(C)C. The first kappa shape index (κ1) is 21.2. The molecule has 0 aliphatic rings. The van der Waals surface area contributed by atoms with Crippen molar-refractivity contribution in [2.24, 2.45) is 5.92 Å². The maximum atomic E-state index is 2.35. The van der Waals surface area contributed by atoms with Crippen molar-refractivity contribution in [3.05, 3.63) is 35.9 Å². The molecular formula is C23H41N.